The topological polar surface area (TPSA) is 88.5 Å². The average molecular weight is 350 g/mol. The summed E-state index contributed by atoms with van der Waals surface area (Å²) < 4.78 is 5.67. The molecule has 1 aromatic carbocycles. The lowest BCUT2D eigenvalue weighted by Gasteiger charge is -2.23. The number of pyridine rings is 1. The summed E-state index contributed by atoms with van der Waals surface area (Å²) in [5.41, 5.74) is 0.569. The van der Waals surface area contributed by atoms with Crippen LogP contribution >= 0.6 is 0 Å². The van der Waals surface area contributed by atoms with Crippen LogP contribution in [0.3, 0.4) is 0 Å². The summed E-state index contributed by atoms with van der Waals surface area (Å²) in [5, 5.41) is 12.3. The Morgan fingerprint density at radius 2 is 1.88 bits per heavy atom. The number of fused-ring (bicyclic) bond motifs is 2. The number of carbonyl (C=O) groups excluding carboxylic acids is 1. The van der Waals surface area contributed by atoms with Crippen LogP contribution in [0.15, 0.2) is 60.8 Å². The molecule has 2 N–H and O–H groups in total. The van der Waals surface area contributed by atoms with Gasteiger partial charge in [-0.1, -0.05) is 24.3 Å². The number of aromatic nitrogens is 1. The van der Waals surface area contributed by atoms with Crippen molar-refractivity contribution in [1.29, 1.82) is 0 Å². The van der Waals surface area contributed by atoms with Gasteiger partial charge in [0.2, 0.25) is 11.8 Å². The Balaban J connectivity index is 1.49. The highest BCUT2D eigenvalue weighted by Crippen LogP contribution is 2.48. The van der Waals surface area contributed by atoms with Crippen molar-refractivity contribution >= 4 is 17.6 Å². The van der Waals surface area contributed by atoms with Crippen LogP contribution in [0.25, 0.3) is 0 Å². The second kappa shape index (κ2) is 6.63. The van der Waals surface area contributed by atoms with Crippen LogP contribution in [0.1, 0.15) is 6.42 Å². The number of hydrogen-bond acceptors (Lipinski definition) is 4. The molecule has 1 heterocycles. The molecule has 4 rings (SSSR count). The van der Waals surface area contributed by atoms with Gasteiger partial charge in [0.1, 0.15) is 5.75 Å². The zero-order valence-electron chi connectivity index (χ0n) is 13.9. The van der Waals surface area contributed by atoms with E-state index < -0.39 is 17.8 Å². The Bertz CT molecular complexity index is 865. The van der Waals surface area contributed by atoms with Gasteiger partial charge in [0.05, 0.1) is 11.8 Å². The highest BCUT2D eigenvalue weighted by atomic mass is 16.5. The summed E-state index contributed by atoms with van der Waals surface area (Å²) in [4.78, 5) is 28.4. The third-order valence-electron chi connectivity index (χ3n) is 5.01. The molecule has 2 aromatic rings. The van der Waals surface area contributed by atoms with Gasteiger partial charge in [-0.05, 0) is 36.5 Å². The lowest BCUT2D eigenvalue weighted by atomic mass is 9.82. The molecule has 0 saturated heterocycles. The Morgan fingerprint density at radius 1 is 1.08 bits per heavy atom. The predicted molar refractivity (Wildman–Crippen MR) is 94.7 cm³/mol. The molecule has 6 heteroatoms. The minimum atomic E-state index is -0.908. The number of ether oxygens (including phenoxy) is 1. The number of hydrogen-bond donors (Lipinski definition) is 2. The number of anilines is 1. The van der Waals surface area contributed by atoms with E-state index in [4.69, 9.17) is 4.74 Å². The smallest absolute Gasteiger partial charge is 0.307 e. The largest absolute Gasteiger partial charge is 0.481 e. The van der Waals surface area contributed by atoms with E-state index in [0.717, 1.165) is 6.42 Å². The van der Waals surface area contributed by atoms with Crippen LogP contribution in [0.2, 0.25) is 0 Å². The fraction of sp³-hybridized carbons (Fsp3) is 0.250. The first-order chi connectivity index (χ1) is 12.6. The third-order valence-corrected chi connectivity index (χ3v) is 5.01. The minimum Gasteiger partial charge on any atom is -0.481 e. The Kier molecular flexibility index (Phi) is 4.16. The highest BCUT2D eigenvalue weighted by molar-refractivity contribution is 5.96. The molecule has 2 aliphatic rings. The van der Waals surface area contributed by atoms with Crippen molar-refractivity contribution in [2.75, 3.05) is 5.32 Å². The summed E-state index contributed by atoms with van der Waals surface area (Å²) in [6.45, 7) is 0. The molecule has 2 bridgehead atoms. The molecule has 132 valence electrons. The van der Waals surface area contributed by atoms with Gasteiger partial charge in [-0.15, -0.1) is 0 Å². The molecule has 0 aliphatic heterocycles. The van der Waals surface area contributed by atoms with Crippen molar-refractivity contribution in [3.05, 3.63) is 60.8 Å². The molecule has 6 nitrogen and oxygen atoms in total. The van der Waals surface area contributed by atoms with Gasteiger partial charge in [-0.25, -0.2) is 4.98 Å². The molecule has 26 heavy (non-hydrogen) atoms. The molecule has 4 atom stereocenters. The Morgan fingerprint density at radius 3 is 2.62 bits per heavy atom. The van der Waals surface area contributed by atoms with Gasteiger partial charge >= 0.3 is 5.97 Å². The Hall–Kier alpha value is -3.15. The van der Waals surface area contributed by atoms with Crippen LogP contribution in [-0.4, -0.2) is 22.0 Å². The van der Waals surface area contributed by atoms with Gasteiger partial charge in [0.25, 0.3) is 0 Å². The van der Waals surface area contributed by atoms with Crippen molar-refractivity contribution in [3.63, 3.8) is 0 Å². The van der Waals surface area contributed by atoms with E-state index in [1.807, 2.05) is 18.2 Å². The summed E-state index contributed by atoms with van der Waals surface area (Å²) in [6, 6.07) is 12.3. The lowest BCUT2D eigenvalue weighted by Crippen LogP contribution is -2.36. The lowest BCUT2D eigenvalue weighted by molar-refractivity contribution is -0.146. The number of carboxylic acids is 1. The fourth-order valence-corrected chi connectivity index (χ4v) is 3.91. The first kappa shape index (κ1) is 16.3. The molecule has 1 amide bonds. The van der Waals surface area contributed by atoms with Gasteiger partial charge in [-0.3, -0.25) is 9.59 Å². The average Bonchev–Trinajstić information content (AvgIpc) is 3.24. The van der Waals surface area contributed by atoms with Gasteiger partial charge < -0.3 is 15.2 Å². The SMILES string of the molecule is O=C(O)C1C2C=CC(C2)C1C(=O)Nc1cccc(Oc2ccccn2)c1. The van der Waals surface area contributed by atoms with Crippen LogP contribution in [0.4, 0.5) is 5.69 Å². The van der Waals surface area contributed by atoms with E-state index in [1.165, 1.54) is 0 Å². The molecule has 1 aromatic heterocycles. The molecule has 0 spiro atoms. The number of carbonyl (C=O) groups is 2. The highest BCUT2D eigenvalue weighted by Gasteiger charge is 2.51. The zero-order valence-corrected chi connectivity index (χ0v) is 13.9. The normalized spacial score (nSPS) is 25.8. The van der Waals surface area contributed by atoms with Crippen LogP contribution in [-0.2, 0) is 9.59 Å². The van der Waals surface area contributed by atoms with E-state index in [2.05, 4.69) is 10.3 Å². The molecular weight excluding hydrogens is 332 g/mol. The Labute approximate surface area is 150 Å². The van der Waals surface area contributed by atoms with Crippen molar-refractivity contribution in [2.24, 2.45) is 23.7 Å². The third kappa shape index (κ3) is 3.06. The number of allylic oxidation sites excluding steroid dienone is 2. The molecule has 2 aliphatic carbocycles. The second-order valence-corrected chi connectivity index (χ2v) is 6.63. The monoisotopic (exact) mass is 350 g/mol. The predicted octanol–water partition coefficient (Wildman–Crippen LogP) is 3.34. The van der Waals surface area contributed by atoms with Crippen LogP contribution in [0.5, 0.6) is 11.6 Å². The number of aliphatic carboxylic acids is 1. The number of carboxylic acid groups (broad SMARTS) is 1. The number of nitrogens with one attached hydrogen (secondary N) is 1. The molecule has 1 fully saturated rings. The van der Waals surface area contributed by atoms with Crippen LogP contribution < -0.4 is 10.1 Å². The number of benzene rings is 1. The summed E-state index contributed by atoms with van der Waals surface area (Å²) in [7, 11) is 0. The number of nitrogens with zero attached hydrogens (tertiary/aromatic N) is 1. The number of rotatable bonds is 5. The summed E-state index contributed by atoms with van der Waals surface area (Å²) >= 11 is 0. The first-order valence-corrected chi connectivity index (χ1v) is 8.53. The molecule has 0 radical (unpaired) electrons. The number of amides is 1. The maximum atomic E-state index is 12.7. The van der Waals surface area contributed by atoms with Crippen molar-refractivity contribution < 1.29 is 19.4 Å². The van der Waals surface area contributed by atoms with E-state index >= 15 is 0 Å². The van der Waals surface area contributed by atoms with Crippen LogP contribution in [0, 0.1) is 23.7 Å². The van der Waals surface area contributed by atoms with E-state index in [0.29, 0.717) is 17.3 Å². The standard InChI is InChI=1S/C20H18N2O4/c23-19(17-12-7-8-13(10-12)18(17)20(24)25)22-14-4-3-5-15(11-14)26-16-6-1-2-9-21-16/h1-9,11-13,17-18H,10H2,(H,22,23)(H,24,25). The first-order valence-electron chi connectivity index (χ1n) is 8.53. The second-order valence-electron chi connectivity index (χ2n) is 6.63. The van der Waals surface area contributed by atoms with E-state index in [-0.39, 0.29) is 17.7 Å². The molecule has 4 unspecified atom stereocenters. The van der Waals surface area contributed by atoms with Crippen molar-refractivity contribution in [3.8, 4) is 11.6 Å². The maximum absolute atomic E-state index is 12.7. The van der Waals surface area contributed by atoms with E-state index in [9.17, 15) is 14.7 Å². The summed E-state index contributed by atoms with van der Waals surface area (Å²) in [5.74, 6) is -1.41. The van der Waals surface area contributed by atoms with Gasteiger partial charge in [-0.2, -0.15) is 0 Å². The van der Waals surface area contributed by atoms with Gasteiger partial charge in [0, 0.05) is 24.0 Å². The molecule has 1 saturated carbocycles. The van der Waals surface area contributed by atoms with E-state index in [1.54, 1.807) is 42.6 Å². The van der Waals surface area contributed by atoms with Crippen molar-refractivity contribution in [2.45, 2.75) is 6.42 Å². The minimum absolute atomic E-state index is 0.00551. The van der Waals surface area contributed by atoms with Gasteiger partial charge in [0.15, 0.2) is 0 Å². The molecular formula is C20H18N2O4. The summed E-state index contributed by atoms with van der Waals surface area (Å²) in [6.07, 6.45) is 6.26. The maximum Gasteiger partial charge on any atom is 0.307 e. The van der Waals surface area contributed by atoms with Crippen molar-refractivity contribution in [1.82, 2.24) is 4.98 Å². The zero-order chi connectivity index (χ0) is 18.1. The fourth-order valence-electron chi connectivity index (χ4n) is 3.91. The quantitative estimate of drug-likeness (QED) is 0.808.